The van der Waals surface area contributed by atoms with Crippen LogP contribution in [0.15, 0.2) is 47.1 Å². The van der Waals surface area contributed by atoms with Gasteiger partial charge in [-0.15, -0.1) is 0 Å². The third-order valence-electron chi connectivity index (χ3n) is 3.36. The number of halogens is 3. The number of anilines is 1. The summed E-state index contributed by atoms with van der Waals surface area (Å²) in [5.74, 6) is -1.66. The molecule has 1 atom stereocenters. The maximum Gasteiger partial charge on any atom is 0.416 e. The summed E-state index contributed by atoms with van der Waals surface area (Å²) in [4.78, 5) is 23.1. The highest BCUT2D eigenvalue weighted by atomic mass is 19.4. The Morgan fingerprint density at radius 1 is 1.24 bits per heavy atom. The summed E-state index contributed by atoms with van der Waals surface area (Å²) in [6, 6.07) is 6.30. The average Bonchev–Trinajstić information content (AvgIpc) is 3.04. The van der Waals surface area contributed by atoms with Crippen LogP contribution in [0.1, 0.15) is 17.7 Å². The summed E-state index contributed by atoms with van der Waals surface area (Å²) in [6.45, 7) is 0.195. The van der Waals surface area contributed by atoms with E-state index in [0.29, 0.717) is 5.76 Å². The monoisotopic (exact) mass is 356 g/mol. The number of carbonyl (C=O) groups excluding carboxylic acids is 2. The number of benzene rings is 1. The van der Waals surface area contributed by atoms with Gasteiger partial charge in [0.15, 0.2) is 11.8 Å². The lowest BCUT2D eigenvalue weighted by Gasteiger charge is -2.16. The Bertz CT molecular complexity index is 729. The van der Waals surface area contributed by atoms with Gasteiger partial charge in [0, 0.05) is 18.1 Å². The second-order valence-corrected chi connectivity index (χ2v) is 5.27. The number of carbonyl (C=O) groups is 2. The number of aliphatic carboxylic acids is 1. The fraction of sp³-hybridized carbons (Fsp3) is 0.250. The van der Waals surface area contributed by atoms with E-state index in [0.717, 1.165) is 18.2 Å². The molecule has 0 aliphatic heterocycles. The van der Waals surface area contributed by atoms with Crippen LogP contribution in [-0.2, 0) is 22.3 Å². The van der Waals surface area contributed by atoms with Gasteiger partial charge in [-0.1, -0.05) is 6.07 Å². The molecule has 0 fully saturated rings. The highest BCUT2D eigenvalue weighted by molar-refractivity contribution is 5.95. The number of hydrogen-bond acceptors (Lipinski definition) is 4. The topological polar surface area (TPSA) is 99.0 Å². The summed E-state index contributed by atoms with van der Waals surface area (Å²) in [7, 11) is 0. The third kappa shape index (κ3) is 5.64. The van der Waals surface area contributed by atoms with Crippen molar-refractivity contribution in [1.82, 2.24) is 0 Å². The quantitative estimate of drug-likeness (QED) is 0.755. The molecule has 0 saturated heterocycles. The van der Waals surface area contributed by atoms with Crippen molar-refractivity contribution in [3.8, 4) is 0 Å². The number of quaternary nitrogens is 1. The highest BCUT2D eigenvalue weighted by Gasteiger charge is 2.31. The van der Waals surface area contributed by atoms with Crippen LogP contribution in [0.2, 0.25) is 0 Å². The van der Waals surface area contributed by atoms with Gasteiger partial charge in [0.1, 0.15) is 6.54 Å². The fourth-order valence-corrected chi connectivity index (χ4v) is 2.16. The Morgan fingerprint density at radius 3 is 2.60 bits per heavy atom. The molecular formula is C16H15F3N2O4. The Kier molecular flexibility index (Phi) is 5.81. The zero-order valence-electron chi connectivity index (χ0n) is 12.9. The van der Waals surface area contributed by atoms with Gasteiger partial charge in [0.2, 0.25) is 0 Å². The second kappa shape index (κ2) is 7.84. The lowest BCUT2D eigenvalue weighted by Crippen LogP contribution is -2.91. The summed E-state index contributed by atoms with van der Waals surface area (Å²) >= 11 is 0. The molecule has 0 radical (unpaired) electrons. The maximum absolute atomic E-state index is 12.7. The summed E-state index contributed by atoms with van der Waals surface area (Å²) in [5, 5.41) is 14.5. The molecular weight excluding hydrogens is 341 g/mol. The first kappa shape index (κ1) is 18.5. The van der Waals surface area contributed by atoms with Gasteiger partial charge < -0.3 is 25.0 Å². The maximum atomic E-state index is 12.7. The van der Waals surface area contributed by atoms with E-state index in [1.54, 1.807) is 12.1 Å². The van der Waals surface area contributed by atoms with Crippen molar-refractivity contribution in [3.05, 3.63) is 54.0 Å². The highest BCUT2D eigenvalue weighted by Crippen LogP contribution is 2.30. The van der Waals surface area contributed by atoms with Crippen LogP contribution in [0.25, 0.3) is 0 Å². The zero-order valence-corrected chi connectivity index (χ0v) is 12.9. The number of nitrogens with one attached hydrogen (secondary N) is 1. The first-order valence-electron chi connectivity index (χ1n) is 7.29. The van der Waals surface area contributed by atoms with E-state index in [1.807, 2.05) is 0 Å². The Hall–Kier alpha value is -2.81. The van der Waals surface area contributed by atoms with E-state index in [1.165, 1.54) is 17.6 Å². The molecule has 0 saturated carbocycles. The summed E-state index contributed by atoms with van der Waals surface area (Å²) in [6.07, 6.45) is -3.71. The number of rotatable bonds is 7. The predicted octanol–water partition coefficient (Wildman–Crippen LogP) is 0.509. The van der Waals surface area contributed by atoms with Crippen molar-refractivity contribution in [2.45, 2.75) is 25.2 Å². The van der Waals surface area contributed by atoms with Crippen LogP contribution >= 0.6 is 0 Å². The summed E-state index contributed by atoms with van der Waals surface area (Å²) < 4.78 is 43.2. The Morgan fingerprint density at radius 2 is 2.00 bits per heavy atom. The molecule has 2 rings (SSSR count). The number of alkyl halides is 3. The average molecular weight is 356 g/mol. The van der Waals surface area contributed by atoms with E-state index in [9.17, 15) is 27.9 Å². The smallest absolute Gasteiger partial charge is 0.416 e. The van der Waals surface area contributed by atoms with E-state index in [-0.39, 0.29) is 12.2 Å². The standard InChI is InChI=1S/C16H15F3N2O4/c17-16(18,19)10-3-1-4-11(7-10)21-15(24)13(8-14(22)23)20-9-12-5-2-6-25-12/h1-7,13,20H,8-9H2,(H,21,24)(H,22,23). The molecule has 1 aromatic heterocycles. The predicted molar refractivity (Wildman–Crippen MR) is 77.8 cm³/mol. The van der Waals surface area contributed by atoms with Crippen molar-refractivity contribution in [1.29, 1.82) is 0 Å². The molecule has 134 valence electrons. The minimum Gasteiger partial charge on any atom is -0.550 e. The zero-order chi connectivity index (χ0) is 18.4. The fourth-order valence-electron chi connectivity index (χ4n) is 2.16. The Balaban J connectivity index is 2.06. The molecule has 0 bridgehead atoms. The molecule has 9 heteroatoms. The number of hydrogen-bond donors (Lipinski definition) is 2. The van der Waals surface area contributed by atoms with Gasteiger partial charge in [-0.2, -0.15) is 13.2 Å². The number of carboxylic acids is 1. The molecule has 1 amide bonds. The SMILES string of the molecule is O=C([O-])CC([NH2+]Cc1ccco1)C(=O)Nc1cccc(C(F)(F)F)c1. The van der Waals surface area contributed by atoms with E-state index in [4.69, 9.17) is 4.42 Å². The van der Waals surface area contributed by atoms with Crippen LogP contribution in [0, 0.1) is 0 Å². The first-order valence-corrected chi connectivity index (χ1v) is 7.29. The number of nitrogens with two attached hydrogens (primary N) is 1. The molecule has 0 spiro atoms. The largest absolute Gasteiger partial charge is 0.550 e. The Labute approximate surface area is 140 Å². The molecule has 0 aliphatic carbocycles. The van der Waals surface area contributed by atoms with Gasteiger partial charge in [-0.05, 0) is 30.3 Å². The van der Waals surface area contributed by atoms with E-state index >= 15 is 0 Å². The third-order valence-corrected chi connectivity index (χ3v) is 3.36. The van der Waals surface area contributed by atoms with Crippen LogP contribution in [0.4, 0.5) is 18.9 Å². The van der Waals surface area contributed by atoms with Gasteiger partial charge in [0.25, 0.3) is 5.91 Å². The number of amides is 1. The molecule has 3 N–H and O–H groups in total. The van der Waals surface area contributed by atoms with Crippen molar-refractivity contribution >= 4 is 17.6 Å². The minimum atomic E-state index is -4.55. The van der Waals surface area contributed by atoms with Crippen LogP contribution < -0.4 is 15.7 Å². The number of furan rings is 1. The van der Waals surface area contributed by atoms with E-state index < -0.39 is 36.1 Å². The lowest BCUT2D eigenvalue weighted by atomic mass is 10.1. The van der Waals surface area contributed by atoms with Gasteiger partial charge in [-0.3, -0.25) is 4.79 Å². The van der Waals surface area contributed by atoms with Crippen molar-refractivity contribution in [3.63, 3.8) is 0 Å². The molecule has 6 nitrogen and oxygen atoms in total. The molecule has 1 heterocycles. The van der Waals surface area contributed by atoms with Gasteiger partial charge >= 0.3 is 6.18 Å². The van der Waals surface area contributed by atoms with E-state index in [2.05, 4.69) is 5.32 Å². The molecule has 0 aliphatic rings. The molecule has 1 aromatic carbocycles. The number of carboxylic acid groups (broad SMARTS) is 1. The van der Waals surface area contributed by atoms with Gasteiger partial charge in [0.05, 0.1) is 11.8 Å². The summed E-state index contributed by atoms with van der Waals surface area (Å²) in [5.41, 5.74) is -0.990. The van der Waals surface area contributed by atoms with Crippen molar-refractivity contribution in [2.24, 2.45) is 0 Å². The second-order valence-electron chi connectivity index (χ2n) is 5.27. The van der Waals surface area contributed by atoms with Gasteiger partial charge in [-0.25, -0.2) is 0 Å². The van der Waals surface area contributed by atoms with Crippen LogP contribution in [0.5, 0.6) is 0 Å². The van der Waals surface area contributed by atoms with Crippen LogP contribution in [0.3, 0.4) is 0 Å². The molecule has 1 unspecified atom stereocenters. The first-order chi connectivity index (χ1) is 11.8. The molecule has 2 aromatic rings. The van der Waals surface area contributed by atoms with Crippen LogP contribution in [-0.4, -0.2) is 17.9 Å². The molecule has 25 heavy (non-hydrogen) atoms. The normalized spacial score (nSPS) is 12.6. The minimum absolute atomic E-state index is 0.0745. The lowest BCUT2D eigenvalue weighted by molar-refractivity contribution is -0.693. The van der Waals surface area contributed by atoms with Crippen molar-refractivity contribution in [2.75, 3.05) is 5.32 Å². The van der Waals surface area contributed by atoms with Crippen molar-refractivity contribution < 1.29 is 37.6 Å².